The minimum atomic E-state index is -0.00579. The molecule has 0 N–H and O–H groups in total. The standard InChI is InChI=1S/C10H18OS/c1-6(2)8-5-4-7(3)9(11)10(8)12/h6-8,10,12H,4-5H2,1-3H3. The first kappa shape index (κ1) is 10.1. The number of thiol groups is 1. The highest BCUT2D eigenvalue weighted by Crippen LogP contribution is 2.33. The Bertz CT molecular complexity index is 177. The van der Waals surface area contributed by atoms with Crippen molar-refractivity contribution in [1.29, 1.82) is 0 Å². The van der Waals surface area contributed by atoms with E-state index in [4.69, 9.17) is 0 Å². The zero-order chi connectivity index (χ0) is 9.30. The van der Waals surface area contributed by atoms with E-state index < -0.39 is 0 Å². The van der Waals surface area contributed by atoms with Gasteiger partial charge in [0.05, 0.1) is 5.25 Å². The summed E-state index contributed by atoms with van der Waals surface area (Å²) in [4.78, 5) is 11.6. The smallest absolute Gasteiger partial charge is 0.148 e. The van der Waals surface area contributed by atoms with E-state index in [1.165, 1.54) is 6.42 Å². The Morgan fingerprint density at radius 2 is 2.00 bits per heavy atom. The molecule has 3 unspecified atom stereocenters. The Morgan fingerprint density at radius 1 is 1.42 bits per heavy atom. The summed E-state index contributed by atoms with van der Waals surface area (Å²) in [7, 11) is 0. The normalized spacial score (nSPS) is 37.4. The Labute approximate surface area is 80.3 Å². The number of carbonyl (C=O) groups excluding carboxylic acids is 1. The van der Waals surface area contributed by atoms with Crippen molar-refractivity contribution < 1.29 is 4.79 Å². The molecule has 2 heteroatoms. The first-order valence-electron chi connectivity index (χ1n) is 4.75. The highest BCUT2D eigenvalue weighted by atomic mass is 32.1. The van der Waals surface area contributed by atoms with Crippen LogP contribution >= 0.6 is 12.6 Å². The average Bonchev–Trinajstić information content (AvgIpc) is 2.00. The maximum Gasteiger partial charge on any atom is 0.148 e. The van der Waals surface area contributed by atoms with E-state index in [0.29, 0.717) is 17.6 Å². The second-order valence-electron chi connectivity index (χ2n) is 4.23. The highest BCUT2D eigenvalue weighted by Gasteiger charge is 2.34. The van der Waals surface area contributed by atoms with Crippen LogP contribution in [0.2, 0.25) is 0 Å². The van der Waals surface area contributed by atoms with E-state index in [1.807, 2.05) is 6.92 Å². The molecule has 1 saturated carbocycles. The van der Waals surface area contributed by atoms with Crippen LogP contribution in [0.25, 0.3) is 0 Å². The summed E-state index contributed by atoms with van der Waals surface area (Å²) >= 11 is 4.40. The minimum absolute atomic E-state index is 0.00579. The zero-order valence-electron chi connectivity index (χ0n) is 8.08. The minimum Gasteiger partial charge on any atom is -0.298 e. The van der Waals surface area contributed by atoms with E-state index in [0.717, 1.165) is 6.42 Å². The molecule has 3 atom stereocenters. The molecule has 0 amide bonds. The molecule has 0 heterocycles. The molecular weight excluding hydrogens is 168 g/mol. The predicted octanol–water partition coefficient (Wildman–Crippen LogP) is 2.56. The summed E-state index contributed by atoms with van der Waals surface area (Å²) in [5.74, 6) is 1.67. The largest absolute Gasteiger partial charge is 0.298 e. The van der Waals surface area contributed by atoms with Gasteiger partial charge in [0, 0.05) is 5.92 Å². The van der Waals surface area contributed by atoms with Gasteiger partial charge in [-0.25, -0.2) is 0 Å². The Morgan fingerprint density at radius 3 is 2.50 bits per heavy atom. The Kier molecular flexibility index (Phi) is 3.22. The van der Waals surface area contributed by atoms with Gasteiger partial charge in [-0.1, -0.05) is 20.8 Å². The van der Waals surface area contributed by atoms with Crippen LogP contribution in [0.3, 0.4) is 0 Å². The van der Waals surface area contributed by atoms with Crippen LogP contribution in [0.5, 0.6) is 0 Å². The predicted molar refractivity (Wildman–Crippen MR) is 54.5 cm³/mol. The van der Waals surface area contributed by atoms with Crippen LogP contribution < -0.4 is 0 Å². The second-order valence-corrected chi connectivity index (χ2v) is 4.79. The summed E-state index contributed by atoms with van der Waals surface area (Å²) < 4.78 is 0. The molecular formula is C10H18OS. The average molecular weight is 186 g/mol. The van der Waals surface area contributed by atoms with Crippen molar-refractivity contribution in [2.75, 3.05) is 0 Å². The van der Waals surface area contributed by atoms with Crippen molar-refractivity contribution in [3.63, 3.8) is 0 Å². The lowest BCUT2D eigenvalue weighted by Gasteiger charge is -2.33. The lowest BCUT2D eigenvalue weighted by Crippen LogP contribution is -2.37. The van der Waals surface area contributed by atoms with Gasteiger partial charge in [-0.2, -0.15) is 12.6 Å². The number of Topliss-reactive ketones (excluding diaryl/α,β-unsaturated/α-hetero) is 1. The Balaban J connectivity index is 2.65. The van der Waals surface area contributed by atoms with Crippen molar-refractivity contribution in [3.05, 3.63) is 0 Å². The van der Waals surface area contributed by atoms with Gasteiger partial charge < -0.3 is 0 Å². The van der Waals surface area contributed by atoms with Crippen LogP contribution in [0, 0.1) is 17.8 Å². The molecule has 0 bridgehead atoms. The van der Waals surface area contributed by atoms with Gasteiger partial charge in [0.1, 0.15) is 5.78 Å². The van der Waals surface area contributed by atoms with E-state index in [-0.39, 0.29) is 11.2 Å². The molecule has 12 heavy (non-hydrogen) atoms. The van der Waals surface area contributed by atoms with Gasteiger partial charge in [0.25, 0.3) is 0 Å². The fraction of sp³-hybridized carbons (Fsp3) is 0.900. The van der Waals surface area contributed by atoms with Gasteiger partial charge >= 0.3 is 0 Å². The maximum absolute atomic E-state index is 11.6. The number of rotatable bonds is 1. The fourth-order valence-electron chi connectivity index (χ4n) is 1.94. The fourth-order valence-corrected chi connectivity index (χ4v) is 2.69. The molecule has 1 aliphatic rings. The number of hydrogen-bond acceptors (Lipinski definition) is 2. The summed E-state index contributed by atoms with van der Waals surface area (Å²) in [5.41, 5.74) is 0. The van der Waals surface area contributed by atoms with Crippen molar-refractivity contribution in [2.24, 2.45) is 17.8 Å². The van der Waals surface area contributed by atoms with Crippen LogP contribution in [0.1, 0.15) is 33.6 Å². The van der Waals surface area contributed by atoms with Crippen molar-refractivity contribution >= 4 is 18.4 Å². The van der Waals surface area contributed by atoms with Gasteiger partial charge in [0.15, 0.2) is 0 Å². The summed E-state index contributed by atoms with van der Waals surface area (Å²) in [5, 5.41) is -0.00579. The van der Waals surface area contributed by atoms with E-state index in [2.05, 4.69) is 26.5 Å². The third-order valence-electron chi connectivity index (χ3n) is 2.97. The van der Waals surface area contributed by atoms with Gasteiger partial charge in [-0.05, 0) is 24.7 Å². The van der Waals surface area contributed by atoms with Gasteiger partial charge in [-0.3, -0.25) is 4.79 Å². The number of carbonyl (C=O) groups is 1. The van der Waals surface area contributed by atoms with E-state index >= 15 is 0 Å². The van der Waals surface area contributed by atoms with E-state index in [1.54, 1.807) is 0 Å². The quantitative estimate of drug-likeness (QED) is 0.623. The molecule has 1 nitrogen and oxygen atoms in total. The molecule has 0 aromatic heterocycles. The van der Waals surface area contributed by atoms with Crippen molar-refractivity contribution in [2.45, 2.75) is 38.9 Å². The molecule has 0 saturated heterocycles. The second kappa shape index (κ2) is 3.82. The van der Waals surface area contributed by atoms with E-state index in [9.17, 15) is 4.79 Å². The molecule has 0 aromatic rings. The topological polar surface area (TPSA) is 17.1 Å². The number of ketones is 1. The van der Waals surface area contributed by atoms with Gasteiger partial charge in [0.2, 0.25) is 0 Å². The van der Waals surface area contributed by atoms with Crippen LogP contribution in [-0.4, -0.2) is 11.0 Å². The van der Waals surface area contributed by atoms with Crippen molar-refractivity contribution in [3.8, 4) is 0 Å². The summed E-state index contributed by atoms with van der Waals surface area (Å²) in [6.45, 7) is 6.37. The first-order valence-corrected chi connectivity index (χ1v) is 5.27. The Hall–Kier alpha value is 0.0200. The molecule has 0 radical (unpaired) electrons. The van der Waals surface area contributed by atoms with Crippen molar-refractivity contribution in [1.82, 2.24) is 0 Å². The molecule has 0 aromatic carbocycles. The molecule has 70 valence electrons. The maximum atomic E-state index is 11.6. The lowest BCUT2D eigenvalue weighted by molar-refractivity contribution is -0.125. The molecule has 0 spiro atoms. The molecule has 1 fully saturated rings. The summed E-state index contributed by atoms with van der Waals surface area (Å²) in [6.07, 6.45) is 2.22. The number of hydrogen-bond donors (Lipinski definition) is 1. The van der Waals surface area contributed by atoms with Gasteiger partial charge in [-0.15, -0.1) is 0 Å². The molecule has 0 aliphatic heterocycles. The van der Waals surface area contributed by atoms with Crippen LogP contribution in [0.4, 0.5) is 0 Å². The van der Waals surface area contributed by atoms with Crippen LogP contribution in [-0.2, 0) is 4.79 Å². The highest BCUT2D eigenvalue weighted by molar-refractivity contribution is 7.81. The lowest BCUT2D eigenvalue weighted by atomic mass is 9.76. The summed E-state index contributed by atoms with van der Waals surface area (Å²) in [6, 6.07) is 0. The monoisotopic (exact) mass is 186 g/mol. The molecule has 1 aliphatic carbocycles. The van der Waals surface area contributed by atoms with Crippen LogP contribution in [0.15, 0.2) is 0 Å². The molecule has 1 rings (SSSR count). The third-order valence-corrected chi connectivity index (χ3v) is 3.61. The third kappa shape index (κ3) is 1.85. The zero-order valence-corrected chi connectivity index (χ0v) is 8.97. The SMILES string of the molecule is CC1CCC(C(C)C)C(S)C1=O. The first-order chi connectivity index (χ1) is 5.54.